The molecule has 1 aromatic carbocycles. The molecule has 0 aromatic heterocycles. The quantitative estimate of drug-likeness (QED) is 0.740. The second-order valence-corrected chi connectivity index (χ2v) is 3.06. The van der Waals surface area contributed by atoms with Crippen LogP contribution in [0.15, 0.2) is 18.2 Å². The van der Waals surface area contributed by atoms with Crippen molar-refractivity contribution in [2.24, 2.45) is 0 Å². The molecule has 1 aliphatic rings. The predicted molar refractivity (Wildman–Crippen MR) is 49.2 cm³/mol. The maximum atomic E-state index is 12.7. The Balaban J connectivity index is 0.000000845. The molecule has 1 heterocycles. The third-order valence-electron chi connectivity index (χ3n) is 2.14. The molecule has 1 aliphatic heterocycles. The summed E-state index contributed by atoms with van der Waals surface area (Å²) in [7, 11) is 0. The van der Waals surface area contributed by atoms with E-state index in [1.165, 1.54) is 12.1 Å². The number of nitrogens with one attached hydrogen (secondary N) is 1. The van der Waals surface area contributed by atoms with E-state index in [1.807, 2.05) is 0 Å². The van der Waals surface area contributed by atoms with Gasteiger partial charge in [0.15, 0.2) is 0 Å². The van der Waals surface area contributed by atoms with Crippen molar-refractivity contribution in [3.05, 3.63) is 35.4 Å². The van der Waals surface area contributed by atoms with Crippen molar-refractivity contribution in [3.8, 4) is 0 Å². The molecule has 1 nitrogen and oxygen atoms in total. The summed E-state index contributed by atoms with van der Waals surface area (Å²) in [4.78, 5) is 0. The van der Waals surface area contributed by atoms with Crippen LogP contribution < -0.4 is 5.32 Å². The molecule has 0 spiro atoms. The first-order chi connectivity index (χ1) is 5.75. The zero-order valence-electron chi connectivity index (χ0n) is 6.89. The Labute approximate surface area is 81.6 Å². The minimum absolute atomic E-state index is 0. The Morgan fingerprint density at radius 2 is 1.62 bits per heavy atom. The van der Waals surface area contributed by atoms with Crippen LogP contribution in [-0.4, -0.2) is 13.1 Å². The first-order valence-electron chi connectivity index (χ1n) is 3.92. The Hall–Kier alpha value is -0.670. The highest BCUT2D eigenvalue weighted by Gasteiger charge is 2.19. The number of rotatable bonds is 1. The van der Waals surface area contributed by atoms with Gasteiger partial charge in [-0.15, -0.1) is 12.4 Å². The number of benzene rings is 1. The fourth-order valence-electron chi connectivity index (χ4n) is 1.34. The molecule has 4 heteroatoms. The predicted octanol–water partition coefficient (Wildman–Crippen LogP) is 2.07. The van der Waals surface area contributed by atoms with Gasteiger partial charge >= 0.3 is 0 Å². The highest BCUT2D eigenvalue weighted by Crippen LogP contribution is 2.21. The third-order valence-corrected chi connectivity index (χ3v) is 2.14. The SMILES string of the molecule is Cl.Fc1cc(F)cc(C2CNC2)c1. The van der Waals surface area contributed by atoms with E-state index in [4.69, 9.17) is 0 Å². The fourth-order valence-corrected chi connectivity index (χ4v) is 1.34. The largest absolute Gasteiger partial charge is 0.315 e. The molecule has 0 unspecified atom stereocenters. The second kappa shape index (κ2) is 4.03. The van der Waals surface area contributed by atoms with Gasteiger partial charge in [-0.1, -0.05) is 0 Å². The van der Waals surface area contributed by atoms with Crippen molar-refractivity contribution >= 4 is 12.4 Å². The van der Waals surface area contributed by atoms with Crippen LogP contribution in [0.2, 0.25) is 0 Å². The smallest absolute Gasteiger partial charge is 0.126 e. The Kier molecular flexibility index (Phi) is 3.22. The van der Waals surface area contributed by atoms with Crippen LogP contribution in [-0.2, 0) is 0 Å². The van der Waals surface area contributed by atoms with E-state index in [0.717, 1.165) is 24.7 Å². The standard InChI is InChI=1S/C9H9F2N.ClH/c10-8-1-6(2-9(11)3-8)7-4-12-5-7;/h1-3,7,12H,4-5H2;1H. The van der Waals surface area contributed by atoms with Crippen molar-refractivity contribution in [1.29, 1.82) is 0 Å². The summed E-state index contributed by atoms with van der Waals surface area (Å²) < 4.78 is 25.4. The average Bonchev–Trinajstić information content (AvgIpc) is 1.79. The lowest BCUT2D eigenvalue weighted by Gasteiger charge is -2.27. The molecule has 2 rings (SSSR count). The summed E-state index contributed by atoms with van der Waals surface area (Å²) in [6, 6.07) is 3.69. The summed E-state index contributed by atoms with van der Waals surface area (Å²) in [6.07, 6.45) is 0. The van der Waals surface area contributed by atoms with Gasteiger partial charge < -0.3 is 5.32 Å². The van der Waals surface area contributed by atoms with Gasteiger partial charge in [-0.05, 0) is 17.7 Å². The summed E-state index contributed by atoms with van der Waals surface area (Å²) >= 11 is 0. The lowest BCUT2D eigenvalue weighted by atomic mass is 9.94. The van der Waals surface area contributed by atoms with Crippen LogP contribution in [0.3, 0.4) is 0 Å². The highest BCUT2D eigenvalue weighted by atomic mass is 35.5. The van der Waals surface area contributed by atoms with Gasteiger partial charge in [-0.25, -0.2) is 8.78 Å². The molecule has 0 atom stereocenters. The molecule has 1 fully saturated rings. The van der Waals surface area contributed by atoms with E-state index in [0.29, 0.717) is 0 Å². The van der Waals surface area contributed by atoms with Gasteiger partial charge in [0.25, 0.3) is 0 Å². The molecule has 0 amide bonds. The van der Waals surface area contributed by atoms with Crippen LogP contribution >= 0.6 is 12.4 Å². The lowest BCUT2D eigenvalue weighted by Crippen LogP contribution is -2.39. The number of hydrogen-bond donors (Lipinski definition) is 1. The average molecular weight is 206 g/mol. The van der Waals surface area contributed by atoms with E-state index in [-0.39, 0.29) is 18.3 Å². The van der Waals surface area contributed by atoms with E-state index < -0.39 is 11.6 Å². The zero-order chi connectivity index (χ0) is 8.55. The van der Waals surface area contributed by atoms with Gasteiger partial charge in [0.05, 0.1) is 0 Å². The molecule has 13 heavy (non-hydrogen) atoms. The van der Waals surface area contributed by atoms with E-state index in [1.54, 1.807) is 0 Å². The van der Waals surface area contributed by atoms with Crippen molar-refractivity contribution < 1.29 is 8.78 Å². The first kappa shape index (κ1) is 10.4. The molecule has 0 bridgehead atoms. The van der Waals surface area contributed by atoms with E-state index in [9.17, 15) is 8.78 Å². The van der Waals surface area contributed by atoms with Crippen molar-refractivity contribution in [3.63, 3.8) is 0 Å². The molecule has 0 aliphatic carbocycles. The summed E-state index contributed by atoms with van der Waals surface area (Å²) in [5, 5.41) is 3.05. The molecule has 0 radical (unpaired) electrons. The maximum absolute atomic E-state index is 12.7. The lowest BCUT2D eigenvalue weighted by molar-refractivity contribution is 0.443. The van der Waals surface area contributed by atoms with E-state index >= 15 is 0 Å². The van der Waals surface area contributed by atoms with E-state index in [2.05, 4.69) is 5.32 Å². The normalized spacial score (nSPS) is 16.2. The zero-order valence-corrected chi connectivity index (χ0v) is 7.70. The summed E-state index contributed by atoms with van der Waals surface area (Å²) in [5.74, 6) is -0.691. The van der Waals surface area contributed by atoms with Crippen LogP contribution in [0.25, 0.3) is 0 Å². The Morgan fingerprint density at radius 3 is 2.00 bits per heavy atom. The van der Waals surface area contributed by atoms with Gasteiger partial charge in [0.2, 0.25) is 0 Å². The van der Waals surface area contributed by atoms with Gasteiger partial charge in [-0.3, -0.25) is 0 Å². The number of hydrogen-bond acceptors (Lipinski definition) is 1. The summed E-state index contributed by atoms with van der Waals surface area (Å²) in [5.41, 5.74) is 0.756. The minimum atomic E-state index is -0.489. The second-order valence-electron chi connectivity index (χ2n) is 3.06. The first-order valence-corrected chi connectivity index (χ1v) is 3.92. The third kappa shape index (κ3) is 2.17. The van der Waals surface area contributed by atoms with Crippen molar-refractivity contribution in [2.45, 2.75) is 5.92 Å². The van der Waals surface area contributed by atoms with Crippen LogP contribution in [0, 0.1) is 11.6 Å². The Bertz CT molecular complexity index is 279. The molecule has 0 saturated carbocycles. The highest BCUT2D eigenvalue weighted by molar-refractivity contribution is 5.85. The molecule has 1 N–H and O–H groups in total. The number of halogens is 3. The van der Waals surface area contributed by atoms with Crippen molar-refractivity contribution in [2.75, 3.05) is 13.1 Å². The molecule has 1 saturated heterocycles. The summed E-state index contributed by atoms with van der Waals surface area (Å²) in [6.45, 7) is 1.64. The topological polar surface area (TPSA) is 12.0 Å². The van der Waals surface area contributed by atoms with Crippen molar-refractivity contribution in [1.82, 2.24) is 5.32 Å². The van der Waals surface area contributed by atoms with Gasteiger partial charge in [0.1, 0.15) is 11.6 Å². The van der Waals surface area contributed by atoms with Crippen LogP contribution in [0.1, 0.15) is 11.5 Å². The fraction of sp³-hybridized carbons (Fsp3) is 0.333. The molecular formula is C9H10ClF2N. The Morgan fingerprint density at radius 1 is 1.08 bits per heavy atom. The molecular weight excluding hydrogens is 196 g/mol. The van der Waals surface area contributed by atoms with Crippen LogP contribution in [0.4, 0.5) is 8.78 Å². The molecule has 1 aromatic rings. The van der Waals surface area contributed by atoms with Crippen LogP contribution in [0.5, 0.6) is 0 Å². The van der Waals surface area contributed by atoms with Gasteiger partial charge in [-0.2, -0.15) is 0 Å². The molecule has 72 valence electrons. The van der Waals surface area contributed by atoms with Gasteiger partial charge in [0, 0.05) is 25.1 Å². The monoisotopic (exact) mass is 205 g/mol. The minimum Gasteiger partial charge on any atom is -0.315 e. The maximum Gasteiger partial charge on any atom is 0.126 e.